The van der Waals surface area contributed by atoms with E-state index >= 15 is 0 Å². The molecule has 10 aromatic rings. The van der Waals surface area contributed by atoms with E-state index in [1.54, 1.807) is 0 Å². The second-order valence-corrected chi connectivity index (χ2v) is 11.5. The highest BCUT2D eigenvalue weighted by molar-refractivity contribution is 7.27. The quantitative estimate of drug-likeness (QED) is 0.191. The van der Waals surface area contributed by atoms with Crippen molar-refractivity contribution >= 4 is 96.9 Å². The average Bonchev–Trinajstić information content (AvgIpc) is 3.64. The maximum Gasteiger partial charge on any atom is 0.0803 e. The Labute approximate surface area is 226 Å². The van der Waals surface area contributed by atoms with Crippen LogP contribution in [-0.4, -0.2) is 8.80 Å². The van der Waals surface area contributed by atoms with Gasteiger partial charge < -0.3 is 8.80 Å². The molecule has 0 fully saturated rings. The van der Waals surface area contributed by atoms with Gasteiger partial charge in [-0.2, -0.15) is 0 Å². The van der Waals surface area contributed by atoms with Gasteiger partial charge in [0.05, 0.1) is 33.1 Å². The summed E-state index contributed by atoms with van der Waals surface area (Å²) < 4.78 is 7.80. The average molecular weight is 513 g/mol. The molecular formula is C36H20N2S. The first-order valence-electron chi connectivity index (χ1n) is 13.4. The minimum Gasteiger partial charge on any atom is -0.307 e. The molecule has 4 heterocycles. The first-order valence-corrected chi connectivity index (χ1v) is 14.2. The maximum absolute atomic E-state index is 2.54. The molecule has 0 bridgehead atoms. The molecule has 10 rings (SSSR count). The lowest BCUT2D eigenvalue weighted by molar-refractivity contribution is 1.30. The van der Waals surface area contributed by atoms with Crippen molar-refractivity contribution < 1.29 is 0 Å². The van der Waals surface area contributed by atoms with Crippen molar-refractivity contribution in [2.45, 2.75) is 0 Å². The van der Waals surface area contributed by atoms with Crippen molar-refractivity contribution in [1.29, 1.82) is 0 Å². The molecule has 0 saturated heterocycles. The molecule has 0 amide bonds. The van der Waals surface area contributed by atoms with E-state index in [9.17, 15) is 0 Å². The minimum atomic E-state index is 1.23. The lowest BCUT2D eigenvalue weighted by atomic mass is 10.0. The van der Waals surface area contributed by atoms with E-state index in [1.165, 1.54) is 85.6 Å². The van der Waals surface area contributed by atoms with Crippen LogP contribution in [0.25, 0.3) is 85.6 Å². The van der Waals surface area contributed by atoms with Crippen LogP contribution in [-0.2, 0) is 0 Å². The zero-order valence-electron chi connectivity index (χ0n) is 20.8. The smallest absolute Gasteiger partial charge is 0.0803 e. The Hall–Kier alpha value is -4.86. The van der Waals surface area contributed by atoms with E-state index in [0.29, 0.717) is 0 Å². The molecule has 0 aliphatic rings. The van der Waals surface area contributed by atoms with E-state index in [2.05, 4.69) is 130 Å². The highest BCUT2D eigenvalue weighted by atomic mass is 32.1. The van der Waals surface area contributed by atoms with Gasteiger partial charge in [-0.05, 0) is 30.3 Å². The summed E-state index contributed by atoms with van der Waals surface area (Å²) in [5.74, 6) is 0. The summed E-state index contributed by atoms with van der Waals surface area (Å²) in [6.45, 7) is 0. The van der Waals surface area contributed by atoms with Crippen LogP contribution in [0.4, 0.5) is 0 Å². The van der Waals surface area contributed by atoms with Gasteiger partial charge in [0.25, 0.3) is 0 Å². The fourth-order valence-electron chi connectivity index (χ4n) is 7.17. The lowest BCUT2D eigenvalue weighted by Gasteiger charge is -2.11. The Morgan fingerprint density at radius 3 is 1.36 bits per heavy atom. The van der Waals surface area contributed by atoms with Crippen LogP contribution in [0.1, 0.15) is 0 Å². The van der Waals surface area contributed by atoms with Crippen LogP contribution < -0.4 is 0 Å². The summed E-state index contributed by atoms with van der Waals surface area (Å²) in [5.41, 5.74) is 7.55. The van der Waals surface area contributed by atoms with Crippen molar-refractivity contribution in [2.24, 2.45) is 0 Å². The first kappa shape index (κ1) is 20.1. The molecular weight excluding hydrogens is 492 g/mol. The zero-order valence-corrected chi connectivity index (χ0v) is 21.7. The van der Waals surface area contributed by atoms with Crippen molar-refractivity contribution in [3.63, 3.8) is 0 Å². The molecule has 0 aliphatic heterocycles. The molecule has 2 nitrogen and oxygen atoms in total. The van der Waals surface area contributed by atoms with Crippen LogP contribution in [0.15, 0.2) is 121 Å². The highest BCUT2D eigenvalue weighted by Gasteiger charge is 2.25. The fraction of sp³-hybridized carbons (Fsp3) is 0. The number of para-hydroxylation sites is 4. The lowest BCUT2D eigenvalue weighted by Crippen LogP contribution is -1.94. The molecule has 3 heteroatoms. The number of rotatable bonds is 0. The Balaban J connectivity index is 1.78. The third-order valence-electron chi connectivity index (χ3n) is 8.63. The summed E-state index contributed by atoms with van der Waals surface area (Å²) in [4.78, 5) is 0. The predicted octanol–water partition coefficient (Wildman–Crippen LogP) is 10.3. The van der Waals surface area contributed by atoms with Crippen molar-refractivity contribution in [2.75, 3.05) is 0 Å². The second-order valence-electron chi connectivity index (χ2n) is 10.5. The number of fused-ring (bicyclic) bond motifs is 16. The van der Waals surface area contributed by atoms with Gasteiger partial charge >= 0.3 is 0 Å². The van der Waals surface area contributed by atoms with Gasteiger partial charge in [0.2, 0.25) is 0 Å². The van der Waals surface area contributed by atoms with E-state index in [1.807, 2.05) is 11.3 Å². The number of hydrogen-bond acceptors (Lipinski definition) is 1. The van der Waals surface area contributed by atoms with Crippen molar-refractivity contribution in [3.05, 3.63) is 121 Å². The van der Waals surface area contributed by atoms with E-state index in [0.717, 1.165) is 0 Å². The van der Waals surface area contributed by atoms with Gasteiger partial charge in [-0.3, -0.25) is 0 Å². The molecule has 39 heavy (non-hydrogen) atoms. The van der Waals surface area contributed by atoms with Crippen LogP contribution in [0.2, 0.25) is 0 Å². The Morgan fingerprint density at radius 1 is 0.359 bits per heavy atom. The number of hydrogen-bond donors (Lipinski definition) is 0. The molecule has 0 radical (unpaired) electrons. The zero-order chi connectivity index (χ0) is 25.2. The third kappa shape index (κ3) is 2.30. The molecule has 0 atom stereocenters. The second kappa shape index (κ2) is 6.96. The molecule has 4 aromatic heterocycles. The van der Waals surface area contributed by atoms with Crippen molar-refractivity contribution in [3.8, 4) is 0 Å². The Morgan fingerprint density at radius 2 is 0.769 bits per heavy atom. The summed E-state index contributed by atoms with van der Waals surface area (Å²) >= 11 is 1.93. The van der Waals surface area contributed by atoms with E-state index in [-0.39, 0.29) is 0 Å². The molecule has 0 aliphatic carbocycles. The van der Waals surface area contributed by atoms with Crippen LogP contribution in [0, 0.1) is 0 Å². The number of thiophene rings is 1. The number of nitrogens with zero attached hydrogens (tertiary/aromatic N) is 2. The fourth-order valence-corrected chi connectivity index (χ4v) is 8.44. The van der Waals surface area contributed by atoms with Crippen molar-refractivity contribution in [1.82, 2.24) is 8.80 Å². The Bertz CT molecular complexity index is 2630. The summed E-state index contributed by atoms with van der Waals surface area (Å²) in [7, 11) is 0. The maximum atomic E-state index is 2.54. The molecule has 0 N–H and O–H groups in total. The molecule has 6 aromatic carbocycles. The SMILES string of the molecule is c1ccc2c(c1)sc1c2c2c3ccccc3n3c4ccccc4c4ccccc4n4c5ccccc5c1c4c23. The molecule has 0 saturated carbocycles. The van der Waals surface area contributed by atoms with E-state index < -0.39 is 0 Å². The molecule has 0 unspecified atom stereocenters. The summed E-state index contributed by atoms with van der Waals surface area (Å²) in [5, 5.41) is 10.5. The summed E-state index contributed by atoms with van der Waals surface area (Å²) in [6, 6.07) is 44.7. The first-order chi connectivity index (χ1) is 19.4. The topological polar surface area (TPSA) is 8.82 Å². The van der Waals surface area contributed by atoms with Gasteiger partial charge in [0.15, 0.2) is 0 Å². The normalized spacial score (nSPS) is 12.6. The summed E-state index contributed by atoms with van der Waals surface area (Å²) in [6.07, 6.45) is 0. The predicted molar refractivity (Wildman–Crippen MR) is 169 cm³/mol. The number of benzene rings is 6. The van der Waals surface area contributed by atoms with Crippen LogP contribution in [0.3, 0.4) is 0 Å². The number of aromatic nitrogens is 2. The largest absolute Gasteiger partial charge is 0.307 e. The monoisotopic (exact) mass is 512 g/mol. The van der Waals surface area contributed by atoms with Crippen LogP contribution in [0.5, 0.6) is 0 Å². The van der Waals surface area contributed by atoms with Gasteiger partial charge in [-0.15, -0.1) is 11.3 Å². The van der Waals surface area contributed by atoms with Crippen LogP contribution >= 0.6 is 11.3 Å². The van der Waals surface area contributed by atoms with Gasteiger partial charge in [0.1, 0.15) is 0 Å². The Kier molecular flexibility index (Phi) is 3.59. The molecule has 0 spiro atoms. The van der Waals surface area contributed by atoms with Gasteiger partial charge in [-0.1, -0.05) is 91.0 Å². The third-order valence-corrected chi connectivity index (χ3v) is 9.81. The van der Waals surface area contributed by atoms with E-state index in [4.69, 9.17) is 0 Å². The van der Waals surface area contributed by atoms with Gasteiger partial charge in [-0.25, -0.2) is 0 Å². The minimum absolute atomic E-state index is 1.23. The standard InChI is InChI=1S/C36H20N2S/c1-6-16-26-21(11-1)22-12-2-7-17-27(22)38-29-19-9-4-14-24(29)33-35(38)34-31(23-13-3-8-18-28(23)37(26)34)32-25-15-5-10-20-30(25)39-36(32)33/h1-20H. The van der Waals surface area contributed by atoms with Gasteiger partial charge in [0, 0.05) is 52.5 Å². The molecule has 180 valence electrons. The highest BCUT2D eigenvalue weighted by Crippen LogP contribution is 2.50.